The maximum atomic E-state index is 13.9. The van der Waals surface area contributed by atoms with Gasteiger partial charge < -0.3 is 19.0 Å². The van der Waals surface area contributed by atoms with E-state index in [1.807, 2.05) is 16.7 Å². The van der Waals surface area contributed by atoms with Crippen LogP contribution in [0, 0.1) is 5.41 Å². The minimum absolute atomic E-state index is 0.121. The zero-order chi connectivity index (χ0) is 23.0. The van der Waals surface area contributed by atoms with Crippen molar-refractivity contribution in [3.63, 3.8) is 0 Å². The summed E-state index contributed by atoms with van der Waals surface area (Å²) >= 11 is 0. The lowest BCUT2D eigenvalue weighted by atomic mass is 9.80. The lowest BCUT2D eigenvalue weighted by molar-refractivity contribution is 0.0257. The lowest BCUT2D eigenvalue weighted by Gasteiger charge is -2.37. The Morgan fingerprint density at radius 1 is 1.28 bits per heavy atom. The number of carbonyl (C=O) groups is 1. The predicted octanol–water partition coefficient (Wildman–Crippen LogP) is 4.95. The normalized spacial score (nSPS) is 19.8. The quantitative estimate of drug-likeness (QED) is 0.608. The number of aromatic carboxylic acids is 1. The molecule has 0 aliphatic carbocycles. The van der Waals surface area contributed by atoms with Crippen molar-refractivity contribution in [3.8, 4) is 11.5 Å². The zero-order valence-corrected chi connectivity index (χ0v) is 18.1. The van der Waals surface area contributed by atoms with Crippen molar-refractivity contribution >= 4 is 22.6 Å². The molecule has 1 fully saturated rings. The zero-order valence-electron chi connectivity index (χ0n) is 18.1. The number of rotatable bonds is 2. The summed E-state index contributed by atoms with van der Waals surface area (Å²) in [6, 6.07) is 6.72. The highest BCUT2D eigenvalue weighted by Gasteiger charge is 2.40. The summed E-state index contributed by atoms with van der Waals surface area (Å²) in [5.74, 6) is -3.52. The number of carboxylic acids is 1. The van der Waals surface area contributed by atoms with Crippen molar-refractivity contribution < 1.29 is 23.1 Å². The SMILES string of the molecule is CC(C)(C)[C@@H]1Cc2c(oc3c(N4CCC(F)(F)C4)cccc23)-c2cc(=O)c(C(=O)O)cn21. The van der Waals surface area contributed by atoms with Gasteiger partial charge in [-0.25, -0.2) is 13.6 Å². The molecule has 2 aliphatic rings. The Kier molecular flexibility index (Phi) is 4.32. The van der Waals surface area contributed by atoms with E-state index in [0.29, 0.717) is 29.1 Å². The minimum Gasteiger partial charge on any atom is -0.477 e. The van der Waals surface area contributed by atoms with E-state index in [-0.39, 0.29) is 36.5 Å². The number of alkyl halides is 2. The van der Waals surface area contributed by atoms with Crippen LogP contribution in [0.3, 0.4) is 0 Å². The van der Waals surface area contributed by atoms with Crippen molar-refractivity contribution in [1.29, 1.82) is 0 Å². The average Bonchev–Trinajstić information content (AvgIpc) is 3.25. The standard InChI is InChI=1S/C24H24F2N2O4/c1-23(2,3)19-9-14-13-5-4-6-16(27-8-7-24(25,26)12-27)20(13)32-21(14)17-10-18(29)15(22(30)31)11-28(17)19/h4-6,10-11,19H,7-9,12H2,1-3H3,(H,30,31)/t19-/m0/s1. The summed E-state index contributed by atoms with van der Waals surface area (Å²) in [5.41, 5.74) is 1.43. The third kappa shape index (κ3) is 3.12. The van der Waals surface area contributed by atoms with Crippen molar-refractivity contribution in [1.82, 2.24) is 4.57 Å². The lowest BCUT2D eigenvalue weighted by Crippen LogP contribution is -2.32. The molecule has 0 bridgehead atoms. The summed E-state index contributed by atoms with van der Waals surface area (Å²) in [6.45, 7) is 6.06. The number of furan rings is 1. The fourth-order valence-corrected chi connectivity index (χ4v) is 4.92. The van der Waals surface area contributed by atoms with Crippen LogP contribution in [0.4, 0.5) is 14.5 Å². The Morgan fingerprint density at radius 3 is 2.66 bits per heavy atom. The molecule has 2 aliphatic heterocycles. The Bertz CT molecular complexity index is 1320. The molecule has 6 nitrogen and oxygen atoms in total. The fraction of sp³-hybridized carbons (Fsp3) is 0.417. The van der Waals surface area contributed by atoms with E-state index in [1.165, 1.54) is 12.3 Å². The summed E-state index contributed by atoms with van der Waals surface area (Å²) < 4.78 is 35.8. The van der Waals surface area contributed by atoms with Gasteiger partial charge in [-0.15, -0.1) is 0 Å². The third-order valence-corrected chi connectivity index (χ3v) is 6.58. The molecule has 0 saturated carbocycles. The van der Waals surface area contributed by atoms with Gasteiger partial charge in [-0.3, -0.25) is 4.79 Å². The van der Waals surface area contributed by atoms with Gasteiger partial charge in [0.1, 0.15) is 5.56 Å². The molecule has 4 heterocycles. The fourth-order valence-electron chi connectivity index (χ4n) is 4.92. The molecule has 1 aromatic carbocycles. The maximum absolute atomic E-state index is 13.9. The van der Waals surface area contributed by atoms with E-state index >= 15 is 0 Å². The topological polar surface area (TPSA) is 75.7 Å². The molecule has 1 N–H and O–H groups in total. The minimum atomic E-state index is -2.74. The van der Waals surface area contributed by atoms with E-state index in [2.05, 4.69) is 20.8 Å². The summed E-state index contributed by atoms with van der Waals surface area (Å²) in [4.78, 5) is 25.8. The first-order chi connectivity index (χ1) is 15.0. The second-order valence-corrected chi connectivity index (χ2v) is 9.83. The van der Waals surface area contributed by atoms with Crippen LogP contribution in [0.1, 0.15) is 49.2 Å². The second kappa shape index (κ2) is 6.67. The van der Waals surface area contributed by atoms with Crippen LogP contribution in [0.5, 0.6) is 0 Å². The first-order valence-corrected chi connectivity index (χ1v) is 10.6. The molecule has 2 aromatic heterocycles. The van der Waals surface area contributed by atoms with Gasteiger partial charge in [0.2, 0.25) is 0 Å². The van der Waals surface area contributed by atoms with Gasteiger partial charge in [-0.1, -0.05) is 32.9 Å². The number of aromatic nitrogens is 1. The smallest absolute Gasteiger partial charge is 0.341 e. The van der Waals surface area contributed by atoms with Crippen LogP contribution in [-0.2, 0) is 6.42 Å². The molecular formula is C24H24F2N2O4. The summed E-state index contributed by atoms with van der Waals surface area (Å²) in [7, 11) is 0. The highest BCUT2D eigenvalue weighted by atomic mass is 19.3. The van der Waals surface area contributed by atoms with Gasteiger partial charge in [0, 0.05) is 42.2 Å². The molecule has 0 unspecified atom stereocenters. The molecule has 0 amide bonds. The van der Waals surface area contributed by atoms with E-state index in [0.717, 1.165) is 10.9 Å². The Labute approximate surface area is 183 Å². The monoisotopic (exact) mass is 442 g/mol. The molecule has 3 aromatic rings. The Balaban J connectivity index is 1.75. The van der Waals surface area contributed by atoms with Gasteiger partial charge in [-0.2, -0.15) is 0 Å². The summed E-state index contributed by atoms with van der Waals surface area (Å²) in [5, 5.41) is 10.3. The largest absolute Gasteiger partial charge is 0.477 e. The van der Waals surface area contributed by atoms with Gasteiger partial charge in [0.25, 0.3) is 5.92 Å². The van der Waals surface area contributed by atoms with Gasteiger partial charge in [0.15, 0.2) is 16.8 Å². The predicted molar refractivity (Wildman–Crippen MR) is 117 cm³/mol. The number of fused-ring (bicyclic) bond motifs is 5. The molecule has 32 heavy (non-hydrogen) atoms. The molecule has 0 spiro atoms. The number of hydrogen-bond acceptors (Lipinski definition) is 4. The van der Waals surface area contributed by atoms with Gasteiger partial charge >= 0.3 is 5.97 Å². The molecule has 0 radical (unpaired) electrons. The Hall–Kier alpha value is -3.16. The third-order valence-electron chi connectivity index (χ3n) is 6.58. The number of carboxylic acid groups (broad SMARTS) is 1. The maximum Gasteiger partial charge on any atom is 0.341 e. The van der Waals surface area contributed by atoms with Crippen LogP contribution in [0.2, 0.25) is 0 Å². The summed E-state index contributed by atoms with van der Waals surface area (Å²) in [6.07, 6.45) is 1.76. The number of hydrogen-bond donors (Lipinski definition) is 1. The number of pyridine rings is 1. The van der Waals surface area contributed by atoms with Crippen LogP contribution in [-0.4, -0.2) is 34.7 Å². The van der Waals surface area contributed by atoms with E-state index < -0.39 is 17.3 Å². The number of para-hydroxylation sites is 1. The molecule has 168 valence electrons. The highest BCUT2D eigenvalue weighted by molar-refractivity contribution is 5.96. The van der Waals surface area contributed by atoms with Crippen LogP contribution < -0.4 is 10.3 Å². The number of anilines is 1. The van der Waals surface area contributed by atoms with Gasteiger partial charge in [-0.05, 0) is 17.9 Å². The second-order valence-electron chi connectivity index (χ2n) is 9.83. The van der Waals surface area contributed by atoms with Crippen LogP contribution >= 0.6 is 0 Å². The molecule has 1 atom stereocenters. The van der Waals surface area contributed by atoms with Gasteiger partial charge in [0.05, 0.1) is 17.9 Å². The number of halogens is 2. The molecule has 1 saturated heterocycles. The van der Waals surface area contributed by atoms with E-state index in [4.69, 9.17) is 4.42 Å². The van der Waals surface area contributed by atoms with E-state index in [1.54, 1.807) is 11.0 Å². The van der Waals surface area contributed by atoms with Crippen LogP contribution in [0.25, 0.3) is 22.4 Å². The van der Waals surface area contributed by atoms with Crippen molar-refractivity contribution in [3.05, 3.63) is 51.8 Å². The highest BCUT2D eigenvalue weighted by Crippen LogP contribution is 2.48. The average molecular weight is 442 g/mol. The first kappa shape index (κ1) is 20.7. The van der Waals surface area contributed by atoms with Crippen molar-refractivity contribution in [2.24, 2.45) is 5.41 Å². The number of nitrogens with zero attached hydrogens (tertiary/aromatic N) is 2. The molecule has 8 heteroatoms. The molecule has 5 rings (SSSR count). The van der Waals surface area contributed by atoms with E-state index in [9.17, 15) is 23.5 Å². The first-order valence-electron chi connectivity index (χ1n) is 10.6. The van der Waals surface area contributed by atoms with Crippen molar-refractivity contribution in [2.45, 2.75) is 45.6 Å². The number of benzene rings is 1. The molecular weight excluding hydrogens is 418 g/mol. The van der Waals surface area contributed by atoms with Crippen molar-refractivity contribution in [2.75, 3.05) is 18.0 Å². The van der Waals surface area contributed by atoms with Crippen LogP contribution in [0.15, 0.2) is 39.7 Å². The Morgan fingerprint density at radius 2 is 2.03 bits per heavy atom.